The molecule has 0 fully saturated rings. The lowest BCUT2D eigenvalue weighted by Crippen LogP contribution is -2.36. The van der Waals surface area contributed by atoms with Crippen LogP contribution in [0.15, 0.2) is 0 Å². The van der Waals surface area contributed by atoms with Crippen molar-refractivity contribution in [2.24, 2.45) is 5.92 Å². The van der Waals surface area contributed by atoms with Crippen LogP contribution in [0.1, 0.15) is 124 Å². The van der Waals surface area contributed by atoms with Gasteiger partial charge < -0.3 is 49.4 Å². The molecule has 0 aliphatic carbocycles. The van der Waals surface area contributed by atoms with Gasteiger partial charge in [0.15, 0.2) is 0 Å². The molecule has 0 rings (SSSR count). The summed E-state index contributed by atoms with van der Waals surface area (Å²) in [4.78, 5) is 55.0. The highest BCUT2D eigenvalue weighted by Gasteiger charge is 2.19. The number of rotatable bonds is 38. The molecule has 0 aliphatic heterocycles. The lowest BCUT2D eigenvalue weighted by molar-refractivity contribution is -0.124. The molecule has 3 amide bonds. The van der Waals surface area contributed by atoms with Gasteiger partial charge in [0, 0.05) is 37.1 Å². The van der Waals surface area contributed by atoms with Crippen molar-refractivity contribution in [2.45, 2.75) is 130 Å². The topological polar surface area (TPSA) is 191 Å². The number of nitrogens with one attached hydrogen (secondary N) is 3. The highest BCUT2D eigenvalue weighted by Crippen LogP contribution is 2.33. The van der Waals surface area contributed by atoms with E-state index < -0.39 is 25.9 Å². The van der Waals surface area contributed by atoms with Crippen molar-refractivity contribution in [2.75, 3.05) is 83.6 Å². The zero-order valence-corrected chi connectivity index (χ0v) is 34.8. The first-order chi connectivity index (χ1) is 25.6. The van der Waals surface area contributed by atoms with E-state index >= 15 is 0 Å². The van der Waals surface area contributed by atoms with Crippen molar-refractivity contribution in [1.29, 1.82) is 0 Å². The number of hydrogen-bond acceptors (Lipinski definition) is 10. The van der Waals surface area contributed by atoms with E-state index in [0.717, 1.165) is 38.5 Å². The molecule has 0 spiro atoms. The summed E-state index contributed by atoms with van der Waals surface area (Å²) >= 11 is 1.45. The predicted molar refractivity (Wildman–Crippen MR) is 212 cm³/mol. The van der Waals surface area contributed by atoms with Gasteiger partial charge in [-0.1, -0.05) is 111 Å². The molecule has 16 heteroatoms. The summed E-state index contributed by atoms with van der Waals surface area (Å²) in [6.07, 6.45) is 16.7. The van der Waals surface area contributed by atoms with E-state index in [1.165, 1.54) is 76.0 Å². The molecule has 0 aliphatic rings. The first-order valence-corrected chi connectivity index (χ1v) is 23.0. The van der Waals surface area contributed by atoms with Crippen LogP contribution < -0.4 is 16.0 Å². The lowest BCUT2D eigenvalue weighted by atomic mass is 10.1. The number of ether oxygens (including phenoxy) is 5. The maximum Gasteiger partial charge on any atom is 0.407 e. The monoisotopic (exact) mass is 799 g/mol. The minimum absolute atomic E-state index is 0.0294. The summed E-state index contributed by atoms with van der Waals surface area (Å²) in [5.74, 6) is 0.427. The van der Waals surface area contributed by atoms with Crippen molar-refractivity contribution in [3.8, 4) is 0 Å². The van der Waals surface area contributed by atoms with Crippen LogP contribution in [0, 0.1) is 5.92 Å². The Balaban J connectivity index is 4.38. The molecule has 0 saturated carbocycles. The maximum absolute atomic E-state index is 12.6. The van der Waals surface area contributed by atoms with Crippen molar-refractivity contribution in [1.82, 2.24) is 16.0 Å². The Kier molecular flexibility index (Phi) is 36.2. The number of carbonyl (C=O) groups is 3. The van der Waals surface area contributed by atoms with Gasteiger partial charge in [-0.25, -0.2) is 9.59 Å². The number of thioether (sulfide) groups is 1. The minimum Gasteiger partial charge on any atom is -0.446 e. The third-order valence-corrected chi connectivity index (χ3v) is 10.3. The number of alkyl carbamates (subject to hydrolysis) is 2. The van der Waals surface area contributed by atoms with Crippen LogP contribution in [0.25, 0.3) is 0 Å². The van der Waals surface area contributed by atoms with Crippen molar-refractivity contribution in [3.63, 3.8) is 0 Å². The van der Waals surface area contributed by atoms with Crippen LogP contribution in [-0.2, 0) is 33.0 Å². The quantitative estimate of drug-likeness (QED) is 0.0325. The second kappa shape index (κ2) is 37.3. The van der Waals surface area contributed by atoms with Crippen molar-refractivity contribution >= 4 is 37.5 Å². The summed E-state index contributed by atoms with van der Waals surface area (Å²) in [7, 11) is -4.05. The van der Waals surface area contributed by atoms with Gasteiger partial charge in [0.1, 0.15) is 12.7 Å². The smallest absolute Gasteiger partial charge is 0.407 e. The molecule has 0 unspecified atom stereocenters. The Morgan fingerprint density at radius 3 is 1.60 bits per heavy atom. The molecule has 0 radical (unpaired) electrons. The Bertz CT molecular complexity index is 932. The lowest BCUT2D eigenvalue weighted by Gasteiger charge is -2.19. The molecular weight excluding hydrogens is 725 g/mol. The standard InChI is InChI=1S/C37H74N3O11PS/c1-4-6-8-10-12-14-16-18-20-39-36(42)50-30-34(51-37(43)40-21-19-17-15-13-11-9-7-5-2)32-53-31-33(3)35(41)38-22-23-47-24-25-48-26-27-49-28-29-52(44,45)46/h33-34H,4-32H2,1-3H3,(H,38,41)(H,39,42)(H,40,43)(H2,44,45,46)/t33-,34+/m0/s1. The molecule has 0 aromatic carbocycles. The Hall–Kier alpha value is -1.61. The average Bonchev–Trinajstić information content (AvgIpc) is 3.12. The maximum atomic E-state index is 12.6. The van der Waals surface area contributed by atoms with Gasteiger partial charge in [0.2, 0.25) is 5.91 Å². The molecule has 0 aromatic rings. The molecule has 0 saturated heterocycles. The van der Waals surface area contributed by atoms with Gasteiger partial charge in [-0.15, -0.1) is 0 Å². The molecular formula is C37H74N3O11PS. The van der Waals surface area contributed by atoms with Crippen LogP contribution in [0.4, 0.5) is 9.59 Å². The summed E-state index contributed by atoms with van der Waals surface area (Å²) in [6, 6.07) is 0. The average molecular weight is 800 g/mol. The number of carbonyl (C=O) groups excluding carboxylic acids is 3. The fourth-order valence-corrected chi connectivity index (χ4v) is 6.46. The van der Waals surface area contributed by atoms with Gasteiger partial charge in [-0.3, -0.25) is 9.36 Å². The first-order valence-electron chi connectivity index (χ1n) is 20.1. The normalized spacial score (nSPS) is 12.6. The van der Waals surface area contributed by atoms with Crippen LogP contribution in [0.5, 0.6) is 0 Å². The Morgan fingerprint density at radius 1 is 0.604 bits per heavy atom. The largest absolute Gasteiger partial charge is 0.446 e. The fraction of sp³-hybridized carbons (Fsp3) is 0.919. The highest BCUT2D eigenvalue weighted by atomic mass is 32.2. The van der Waals surface area contributed by atoms with E-state index in [0.29, 0.717) is 51.0 Å². The molecule has 0 bridgehead atoms. The van der Waals surface area contributed by atoms with E-state index in [9.17, 15) is 18.9 Å². The Morgan fingerprint density at radius 2 is 1.08 bits per heavy atom. The summed E-state index contributed by atoms with van der Waals surface area (Å²) in [6.45, 7) is 9.03. The van der Waals surface area contributed by atoms with Gasteiger partial charge in [0.05, 0.1) is 45.8 Å². The molecule has 314 valence electrons. The van der Waals surface area contributed by atoms with Crippen molar-refractivity contribution in [3.05, 3.63) is 0 Å². The third kappa shape index (κ3) is 38.5. The zero-order chi connectivity index (χ0) is 39.3. The Labute approximate surface area is 324 Å². The number of unbranched alkanes of at least 4 members (excludes halogenated alkanes) is 14. The van der Waals surface area contributed by atoms with Gasteiger partial charge in [-0.05, 0) is 12.8 Å². The summed E-state index contributed by atoms with van der Waals surface area (Å²) in [5.41, 5.74) is 0. The predicted octanol–water partition coefficient (Wildman–Crippen LogP) is 6.80. The molecule has 0 aromatic heterocycles. The van der Waals surface area contributed by atoms with E-state index in [1.807, 2.05) is 6.92 Å². The number of hydrogen-bond donors (Lipinski definition) is 5. The summed E-state index contributed by atoms with van der Waals surface area (Å²) < 4.78 is 37.7. The first kappa shape index (κ1) is 51.4. The second-order valence-corrected chi connectivity index (χ2v) is 16.2. The second-order valence-electron chi connectivity index (χ2n) is 13.4. The van der Waals surface area contributed by atoms with Gasteiger partial charge in [-0.2, -0.15) is 11.8 Å². The summed E-state index contributed by atoms with van der Waals surface area (Å²) in [5, 5.41) is 8.46. The van der Waals surface area contributed by atoms with E-state index in [4.69, 9.17) is 33.5 Å². The minimum atomic E-state index is -4.05. The van der Waals surface area contributed by atoms with E-state index in [-0.39, 0.29) is 44.4 Å². The van der Waals surface area contributed by atoms with E-state index in [1.54, 1.807) is 0 Å². The van der Waals surface area contributed by atoms with E-state index in [2.05, 4.69) is 29.8 Å². The van der Waals surface area contributed by atoms with Crippen LogP contribution in [-0.4, -0.2) is 118 Å². The van der Waals surface area contributed by atoms with Crippen molar-refractivity contribution < 1.29 is 52.4 Å². The van der Waals surface area contributed by atoms with Crippen LogP contribution in [0.3, 0.4) is 0 Å². The molecule has 14 nitrogen and oxygen atoms in total. The SMILES string of the molecule is CCCCCCCCCCNC(=O)OC[C@H](CSC[C@H](C)C(=O)NCCOCCOCCOCCP(=O)(O)O)OC(=O)NCCCCCCCCCC. The van der Waals surface area contributed by atoms with Crippen LogP contribution >= 0.6 is 19.4 Å². The zero-order valence-electron chi connectivity index (χ0n) is 33.1. The highest BCUT2D eigenvalue weighted by molar-refractivity contribution is 7.99. The van der Waals surface area contributed by atoms with Gasteiger partial charge in [0.25, 0.3) is 0 Å². The third-order valence-electron chi connectivity index (χ3n) is 8.21. The fourth-order valence-electron chi connectivity index (χ4n) is 5.03. The molecule has 5 N–H and O–H groups in total. The molecule has 0 heterocycles. The van der Waals surface area contributed by atoms with Gasteiger partial charge >= 0.3 is 19.8 Å². The van der Waals surface area contributed by atoms with Crippen LogP contribution in [0.2, 0.25) is 0 Å². The number of amides is 3. The molecule has 2 atom stereocenters. The molecule has 53 heavy (non-hydrogen) atoms.